The number of carbonyl (C=O) groups excluding carboxylic acids is 1. The van der Waals surface area contributed by atoms with E-state index in [2.05, 4.69) is 0 Å². The molecule has 0 saturated carbocycles. The zero-order valence-corrected chi connectivity index (χ0v) is 11.3. The first-order valence-electron chi connectivity index (χ1n) is 6.44. The van der Waals surface area contributed by atoms with Crippen molar-refractivity contribution in [3.63, 3.8) is 0 Å². The molecule has 5 nitrogen and oxygen atoms in total. The number of likely N-dealkylation sites (tertiary alicyclic amines) is 1. The summed E-state index contributed by atoms with van der Waals surface area (Å²) in [6.07, 6.45) is 0.481. The van der Waals surface area contributed by atoms with Crippen molar-refractivity contribution in [1.82, 2.24) is 9.80 Å². The lowest BCUT2D eigenvalue weighted by atomic mass is 10.1. The van der Waals surface area contributed by atoms with Crippen LogP contribution in [0.1, 0.15) is 12.0 Å². The maximum atomic E-state index is 13.1. The highest BCUT2D eigenvalue weighted by Crippen LogP contribution is 2.18. The highest BCUT2D eigenvalue weighted by molar-refractivity contribution is 5.77. The summed E-state index contributed by atoms with van der Waals surface area (Å²) in [4.78, 5) is 26.0. The average Bonchev–Trinajstić information content (AvgIpc) is 2.87. The Kier molecular flexibility index (Phi) is 4.22. The lowest BCUT2D eigenvalue weighted by Crippen LogP contribution is -2.39. The summed E-state index contributed by atoms with van der Waals surface area (Å²) < 4.78 is 13.1. The maximum absolute atomic E-state index is 13.1. The Labute approximate surface area is 116 Å². The summed E-state index contributed by atoms with van der Waals surface area (Å²) in [5.41, 5.74) is 0.704. The second-order valence-corrected chi connectivity index (χ2v) is 5.04. The van der Waals surface area contributed by atoms with Crippen LogP contribution in [0.4, 0.5) is 9.18 Å². The van der Waals surface area contributed by atoms with Crippen molar-refractivity contribution in [1.29, 1.82) is 0 Å². The van der Waals surface area contributed by atoms with Gasteiger partial charge in [-0.05, 0) is 24.1 Å². The summed E-state index contributed by atoms with van der Waals surface area (Å²) in [6.45, 7) is 0.982. The molecular weight excluding hydrogens is 263 g/mol. The first-order valence-corrected chi connectivity index (χ1v) is 6.44. The third-order valence-corrected chi connectivity index (χ3v) is 3.44. The molecule has 0 spiro atoms. The van der Waals surface area contributed by atoms with E-state index in [0.29, 0.717) is 25.1 Å². The first-order chi connectivity index (χ1) is 9.47. The molecule has 1 saturated heterocycles. The molecule has 1 heterocycles. The molecule has 0 aliphatic carbocycles. The van der Waals surface area contributed by atoms with E-state index in [1.165, 1.54) is 21.9 Å². The summed E-state index contributed by atoms with van der Waals surface area (Å²) >= 11 is 0. The van der Waals surface area contributed by atoms with Crippen molar-refractivity contribution in [2.24, 2.45) is 5.92 Å². The van der Waals surface area contributed by atoms with Crippen molar-refractivity contribution < 1.29 is 19.1 Å². The molecule has 0 bridgehead atoms. The van der Waals surface area contributed by atoms with E-state index in [4.69, 9.17) is 5.11 Å². The number of carboxylic acid groups (broad SMARTS) is 1. The molecule has 1 N–H and O–H groups in total. The van der Waals surface area contributed by atoms with Gasteiger partial charge in [0.05, 0.1) is 5.92 Å². The number of aliphatic carboxylic acids is 1. The number of urea groups is 1. The Morgan fingerprint density at radius 3 is 2.85 bits per heavy atom. The Morgan fingerprint density at radius 1 is 1.50 bits per heavy atom. The minimum atomic E-state index is -0.868. The lowest BCUT2D eigenvalue weighted by molar-refractivity contribution is -0.141. The Balaban J connectivity index is 1.94. The largest absolute Gasteiger partial charge is 0.481 e. The smallest absolute Gasteiger partial charge is 0.320 e. The Bertz CT molecular complexity index is 521. The molecule has 1 atom stereocenters. The number of carbonyl (C=O) groups is 2. The highest BCUT2D eigenvalue weighted by atomic mass is 19.1. The van der Waals surface area contributed by atoms with E-state index in [1.807, 2.05) is 0 Å². The van der Waals surface area contributed by atoms with Gasteiger partial charge < -0.3 is 14.9 Å². The predicted octanol–water partition coefficient (Wildman–Crippen LogP) is 1.78. The number of hydrogen-bond donors (Lipinski definition) is 1. The topological polar surface area (TPSA) is 60.9 Å². The number of amides is 2. The predicted molar refractivity (Wildman–Crippen MR) is 70.6 cm³/mol. The standard InChI is InChI=1S/C14H17FN2O3/c1-16(8-10-3-2-4-12(15)7-10)14(20)17-6-5-11(9-17)13(18)19/h2-4,7,11H,5-6,8-9H2,1H3,(H,18,19). The molecular formula is C14H17FN2O3. The molecule has 1 fully saturated rings. The summed E-state index contributed by atoms with van der Waals surface area (Å²) in [5.74, 6) is -1.69. The molecule has 1 aliphatic rings. The van der Waals surface area contributed by atoms with E-state index < -0.39 is 11.9 Å². The monoisotopic (exact) mass is 280 g/mol. The van der Waals surface area contributed by atoms with Crippen molar-refractivity contribution in [3.8, 4) is 0 Å². The van der Waals surface area contributed by atoms with Gasteiger partial charge in [-0.1, -0.05) is 12.1 Å². The fourth-order valence-electron chi connectivity index (χ4n) is 2.35. The van der Waals surface area contributed by atoms with Gasteiger partial charge in [-0.3, -0.25) is 4.79 Å². The first kappa shape index (κ1) is 14.3. The van der Waals surface area contributed by atoms with Crippen LogP contribution >= 0.6 is 0 Å². The molecule has 6 heteroatoms. The normalized spacial score (nSPS) is 18.1. The third-order valence-electron chi connectivity index (χ3n) is 3.44. The molecule has 1 aromatic carbocycles. The molecule has 1 aliphatic heterocycles. The molecule has 1 aromatic rings. The molecule has 20 heavy (non-hydrogen) atoms. The van der Waals surface area contributed by atoms with Crippen LogP contribution in [0.2, 0.25) is 0 Å². The number of halogens is 1. The zero-order valence-electron chi connectivity index (χ0n) is 11.3. The molecule has 0 radical (unpaired) electrons. The number of hydrogen-bond acceptors (Lipinski definition) is 2. The minimum Gasteiger partial charge on any atom is -0.481 e. The zero-order chi connectivity index (χ0) is 14.7. The van der Waals surface area contributed by atoms with Gasteiger partial charge in [0, 0.05) is 26.7 Å². The Hall–Kier alpha value is -2.11. The third kappa shape index (κ3) is 3.26. The van der Waals surface area contributed by atoms with Crippen LogP contribution in [0.25, 0.3) is 0 Å². The lowest BCUT2D eigenvalue weighted by Gasteiger charge is -2.24. The second kappa shape index (κ2) is 5.90. The number of benzene rings is 1. The van der Waals surface area contributed by atoms with E-state index in [-0.39, 0.29) is 18.4 Å². The van der Waals surface area contributed by atoms with Crippen LogP contribution in [-0.2, 0) is 11.3 Å². The number of rotatable bonds is 3. The van der Waals surface area contributed by atoms with Crippen LogP contribution in [0.15, 0.2) is 24.3 Å². The van der Waals surface area contributed by atoms with Crippen LogP contribution < -0.4 is 0 Å². The molecule has 108 valence electrons. The van der Waals surface area contributed by atoms with Crippen molar-refractivity contribution in [2.45, 2.75) is 13.0 Å². The molecule has 2 rings (SSSR count). The molecule has 2 amide bonds. The van der Waals surface area contributed by atoms with Crippen LogP contribution in [0.3, 0.4) is 0 Å². The van der Waals surface area contributed by atoms with Gasteiger partial charge in [-0.25, -0.2) is 9.18 Å². The van der Waals surface area contributed by atoms with Crippen LogP contribution in [0, 0.1) is 11.7 Å². The number of carboxylic acids is 1. The van der Waals surface area contributed by atoms with Crippen LogP contribution in [0.5, 0.6) is 0 Å². The van der Waals surface area contributed by atoms with Crippen LogP contribution in [-0.4, -0.2) is 47.0 Å². The van der Waals surface area contributed by atoms with E-state index >= 15 is 0 Å². The van der Waals surface area contributed by atoms with Gasteiger partial charge >= 0.3 is 12.0 Å². The van der Waals surface area contributed by atoms with Gasteiger partial charge in [0.25, 0.3) is 0 Å². The van der Waals surface area contributed by atoms with Gasteiger partial charge in [-0.15, -0.1) is 0 Å². The van der Waals surface area contributed by atoms with E-state index in [0.717, 1.165) is 0 Å². The number of nitrogens with zero attached hydrogens (tertiary/aromatic N) is 2. The van der Waals surface area contributed by atoms with Gasteiger partial charge in [0.2, 0.25) is 0 Å². The fraction of sp³-hybridized carbons (Fsp3) is 0.429. The van der Waals surface area contributed by atoms with Crippen molar-refractivity contribution >= 4 is 12.0 Å². The molecule has 1 unspecified atom stereocenters. The average molecular weight is 280 g/mol. The van der Waals surface area contributed by atoms with Gasteiger partial charge in [0.1, 0.15) is 5.82 Å². The molecule has 0 aromatic heterocycles. The second-order valence-electron chi connectivity index (χ2n) is 5.04. The summed E-state index contributed by atoms with van der Waals surface area (Å²) in [7, 11) is 1.63. The maximum Gasteiger partial charge on any atom is 0.320 e. The summed E-state index contributed by atoms with van der Waals surface area (Å²) in [6, 6.07) is 5.85. The summed E-state index contributed by atoms with van der Waals surface area (Å²) in [5, 5.41) is 8.92. The minimum absolute atomic E-state index is 0.224. The van der Waals surface area contributed by atoms with E-state index in [1.54, 1.807) is 19.2 Å². The quantitative estimate of drug-likeness (QED) is 0.918. The Morgan fingerprint density at radius 2 is 2.25 bits per heavy atom. The van der Waals surface area contributed by atoms with Crippen molar-refractivity contribution in [3.05, 3.63) is 35.6 Å². The SMILES string of the molecule is CN(Cc1cccc(F)c1)C(=O)N1CCC(C(=O)O)C1. The highest BCUT2D eigenvalue weighted by Gasteiger charge is 2.32. The van der Waals surface area contributed by atoms with Gasteiger partial charge in [0.15, 0.2) is 0 Å². The van der Waals surface area contributed by atoms with E-state index in [9.17, 15) is 14.0 Å². The fourth-order valence-corrected chi connectivity index (χ4v) is 2.35. The van der Waals surface area contributed by atoms with Crippen molar-refractivity contribution in [2.75, 3.05) is 20.1 Å². The van der Waals surface area contributed by atoms with Gasteiger partial charge in [-0.2, -0.15) is 0 Å².